The van der Waals surface area contributed by atoms with Crippen LogP contribution in [0.3, 0.4) is 0 Å². The SMILES string of the molecule is Cc1ccccc1CN(C(=O)CCCN(c1ccccc1)S(C)(=O)=O)C(Cc1ccccc1)C(=O)NC1CCCCC1. The number of para-hydroxylation sites is 1. The Morgan fingerprint density at radius 2 is 1.50 bits per heavy atom. The smallest absolute Gasteiger partial charge is 0.243 e. The molecule has 2 amide bonds. The highest BCUT2D eigenvalue weighted by atomic mass is 32.2. The van der Waals surface area contributed by atoms with Crippen molar-refractivity contribution in [2.24, 2.45) is 0 Å². The van der Waals surface area contributed by atoms with Crippen molar-refractivity contribution in [2.45, 2.75) is 76.9 Å². The van der Waals surface area contributed by atoms with Gasteiger partial charge in [0.2, 0.25) is 21.8 Å². The minimum Gasteiger partial charge on any atom is -0.352 e. The first kappa shape index (κ1) is 31.3. The van der Waals surface area contributed by atoms with Gasteiger partial charge in [0.05, 0.1) is 11.9 Å². The van der Waals surface area contributed by atoms with E-state index in [2.05, 4.69) is 5.32 Å². The minimum absolute atomic E-state index is 0.118. The highest BCUT2D eigenvalue weighted by molar-refractivity contribution is 7.92. The number of rotatable bonds is 13. The number of nitrogens with one attached hydrogen (secondary N) is 1. The van der Waals surface area contributed by atoms with Crippen molar-refractivity contribution in [3.63, 3.8) is 0 Å². The lowest BCUT2D eigenvalue weighted by atomic mass is 9.94. The number of carbonyl (C=O) groups is 2. The molecule has 1 N–H and O–H groups in total. The predicted molar refractivity (Wildman–Crippen MR) is 169 cm³/mol. The van der Waals surface area contributed by atoms with Gasteiger partial charge in [-0.2, -0.15) is 0 Å². The minimum atomic E-state index is -3.53. The van der Waals surface area contributed by atoms with Crippen molar-refractivity contribution in [1.82, 2.24) is 10.2 Å². The molecule has 0 bridgehead atoms. The second-order valence-electron chi connectivity index (χ2n) is 11.3. The zero-order chi connectivity index (χ0) is 30.0. The van der Waals surface area contributed by atoms with Crippen LogP contribution in [-0.4, -0.2) is 50.0 Å². The zero-order valence-corrected chi connectivity index (χ0v) is 25.6. The fraction of sp³-hybridized carbons (Fsp3) is 0.412. The number of benzene rings is 3. The summed E-state index contributed by atoms with van der Waals surface area (Å²) in [4.78, 5) is 29.7. The Bertz CT molecular complexity index is 1410. The third-order valence-electron chi connectivity index (χ3n) is 8.02. The Hall–Kier alpha value is -3.65. The molecule has 0 spiro atoms. The summed E-state index contributed by atoms with van der Waals surface area (Å²) in [7, 11) is -3.53. The number of sulfonamides is 1. The largest absolute Gasteiger partial charge is 0.352 e. The molecule has 1 fully saturated rings. The fourth-order valence-corrected chi connectivity index (χ4v) is 6.63. The lowest BCUT2D eigenvalue weighted by molar-refractivity contribution is -0.141. The van der Waals surface area contributed by atoms with E-state index >= 15 is 0 Å². The molecule has 1 atom stereocenters. The second kappa shape index (κ2) is 15.0. The highest BCUT2D eigenvalue weighted by Crippen LogP contribution is 2.22. The normalized spacial score (nSPS) is 14.6. The summed E-state index contributed by atoms with van der Waals surface area (Å²) in [5.74, 6) is -0.297. The van der Waals surface area contributed by atoms with Gasteiger partial charge in [-0.25, -0.2) is 8.42 Å². The number of nitrogens with zero attached hydrogens (tertiary/aromatic N) is 2. The molecule has 1 saturated carbocycles. The van der Waals surface area contributed by atoms with Crippen LogP contribution in [-0.2, 0) is 32.6 Å². The summed E-state index contributed by atoms with van der Waals surface area (Å²) >= 11 is 0. The number of amides is 2. The van der Waals surface area contributed by atoms with Gasteiger partial charge < -0.3 is 10.2 Å². The van der Waals surface area contributed by atoms with Crippen LogP contribution in [0.15, 0.2) is 84.9 Å². The van der Waals surface area contributed by atoms with Gasteiger partial charge in [0.1, 0.15) is 6.04 Å². The van der Waals surface area contributed by atoms with Crippen LogP contribution in [0.25, 0.3) is 0 Å². The first-order valence-electron chi connectivity index (χ1n) is 14.9. The van der Waals surface area contributed by atoms with E-state index in [0.29, 0.717) is 25.1 Å². The molecular formula is C34H43N3O4S. The maximum absolute atomic E-state index is 14.0. The van der Waals surface area contributed by atoms with Crippen LogP contribution >= 0.6 is 0 Å². The van der Waals surface area contributed by atoms with Gasteiger partial charge in [0.15, 0.2) is 0 Å². The first-order valence-corrected chi connectivity index (χ1v) is 16.8. The molecule has 3 aromatic carbocycles. The third kappa shape index (κ3) is 8.92. The molecule has 0 heterocycles. The average molecular weight is 590 g/mol. The summed E-state index contributed by atoms with van der Waals surface area (Å²) in [6.45, 7) is 2.48. The molecule has 0 saturated heterocycles. The molecule has 1 aliphatic carbocycles. The molecule has 0 aromatic heterocycles. The molecule has 3 aromatic rings. The van der Waals surface area contributed by atoms with Crippen molar-refractivity contribution >= 4 is 27.5 Å². The van der Waals surface area contributed by atoms with Gasteiger partial charge in [-0.1, -0.05) is 92.1 Å². The van der Waals surface area contributed by atoms with E-state index in [1.54, 1.807) is 29.2 Å². The zero-order valence-electron chi connectivity index (χ0n) is 24.7. The number of hydrogen-bond acceptors (Lipinski definition) is 4. The van der Waals surface area contributed by atoms with Gasteiger partial charge in [0.25, 0.3) is 0 Å². The molecular weight excluding hydrogens is 546 g/mol. The summed E-state index contributed by atoms with van der Waals surface area (Å²) in [5.41, 5.74) is 3.58. The number of hydrogen-bond donors (Lipinski definition) is 1. The van der Waals surface area contributed by atoms with E-state index in [9.17, 15) is 18.0 Å². The number of aryl methyl sites for hydroxylation is 1. The summed E-state index contributed by atoms with van der Waals surface area (Å²) < 4.78 is 26.5. The Morgan fingerprint density at radius 3 is 2.14 bits per heavy atom. The van der Waals surface area contributed by atoms with Crippen LogP contribution in [0.1, 0.15) is 61.6 Å². The van der Waals surface area contributed by atoms with Crippen molar-refractivity contribution in [3.8, 4) is 0 Å². The van der Waals surface area contributed by atoms with Crippen LogP contribution in [0.4, 0.5) is 5.69 Å². The van der Waals surface area contributed by atoms with Crippen LogP contribution in [0, 0.1) is 6.92 Å². The van der Waals surface area contributed by atoms with E-state index in [1.807, 2.05) is 67.6 Å². The average Bonchev–Trinajstić information content (AvgIpc) is 2.98. The topological polar surface area (TPSA) is 86.8 Å². The summed E-state index contributed by atoms with van der Waals surface area (Å²) in [6.07, 6.45) is 7.31. The standard InChI is InChI=1S/C34H43N3O4S/c1-27-15-12-13-18-29(27)26-36(33(38)23-14-24-37(42(2,40)41)31-21-10-5-11-22-31)32(25-28-16-6-3-7-17-28)34(39)35-30-19-8-4-9-20-30/h3,5-7,10-13,15-18,21-22,30,32H,4,8-9,14,19-20,23-26H2,1-2H3,(H,35,39). The molecule has 1 aliphatic rings. The lowest BCUT2D eigenvalue weighted by Gasteiger charge is -2.34. The predicted octanol–water partition coefficient (Wildman–Crippen LogP) is 5.63. The van der Waals surface area contributed by atoms with Crippen molar-refractivity contribution in [1.29, 1.82) is 0 Å². The van der Waals surface area contributed by atoms with E-state index in [0.717, 1.165) is 42.4 Å². The van der Waals surface area contributed by atoms with Gasteiger partial charge >= 0.3 is 0 Å². The molecule has 0 aliphatic heterocycles. The van der Waals surface area contributed by atoms with Crippen molar-refractivity contribution in [3.05, 3.63) is 102 Å². The molecule has 7 nitrogen and oxygen atoms in total. The van der Waals surface area contributed by atoms with Gasteiger partial charge in [-0.3, -0.25) is 13.9 Å². The number of carbonyl (C=O) groups excluding carboxylic acids is 2. The number of anilines is 1. The van der Waals surface area contributed by atoms with E-state index in [4.69, 9.17) is 0 Å². The van der Waals surface area contributed by atoms with E-state index < -0.39 is 16.1 Å². The Kier molecular flexibility index (Phi) is 11.2. The first-order chi connectivity index (χ1) is 20.2. The van der Waals surface area contributed by atoms with E-state index in [1.165, 1.54) is 17.0 Å². The van der Waals surface area contributed by atoms with E-state index in [-0.39, 0.29) is 30.8 Å². The van der Waals surface area contributed by atoms with Gasteiger partial charge in [0, 0.05) is 32.0 Å². The molecule has 0 radical (unpaired) electrons. The Balaban J connectivity index is 1.59. The summed E-state index contributed by atoms with van der Waals surface area (Å²) in [5, 5.41) is 3.27. The van der Waals surface area contributed by atoms with Crippen LogP contribution in [0.5, 0.6) is 0 Å². The monoisotopic (exact) mass is 589 g/mol. The maximum Gasteiger partial charge on any atom is 0.243 e. The van der Waals surface area contributed by atoms with Crippen molar-refractivity contribution < 1.29 is 18.0 Å². The van der Waals surface area contributed by atoms with Crippen LogP contribution in [0.2, 0.25) is 0 Å². The third-order valence-corrected chi connectivity index (χ3v) is 9.22. The lowest BCUT2D eigenvalue weighted by Crippen LogP contribution is -2.53. The molecule has 4 rings (SSSR count). The molecule has 1 unspecified atom stereocenters. The van der Waals surface area contributed by atoms with Crippen LogP contribution < -0.4 is 9.62 Å². The maximum atomic E-state index is 14.0. The molecule has 42 heavy (non-hydrogen) atoms. The van der Waals surface area contributed by atoms with Crippen molar-refractivity contribution in [2.75, 3.05) is 17.1 Å². The highest BCUT2D eigenvalue weighted by Gasteiger charge is 2.32. The van der Waals surface area contributed by atoms with Gasteiger partial charge in [-0.05, 0) is 55.0 Å². The quantitative estimate of drug-likeness (QED) is 0.280. The summed E-state index contributed by atoms with van der Waals surface area (Å²) in [6, 6.07) is 26.1. The fourth-order valence-electron chi connectivity index (χ4n) is 5.67. The van der Waals surface area contributed by atoms with Gasteiger partial charge in [-0.15, -0.1) is 0 Å². The molecule has 224 valence electrons. The second-order valence-corrected chi connectivity index (χ2v) is 13.2. The Morgan fingerprint density at radius 1 is 0.881 bits per heavy atom. The Labute approximate surface area is 251 Å². The molecule has 8 heteroatoms.